The van der Waals surface area contributed by atoms with Crippen LogP contribution < -0.4 is 4.72 Å². The second-order valence-corrected chi connectivity index (χ2v) is 7.37. The van der Waals surface area contributed by atoms with Crippen LogP contribution in [0.15, 0.2) is 77.2 Å². The molecule has 0 aliphatic carbocycles. The Morgan fingerprint density at radius 3 is 2.43 bits per heavy atom. The number of hydrogen-bond acceptors (Lipinski definition) is 5. The molecule has 2 aromatic carbocycles. The predicted octanol–water partition coefficient (Wildman–Crippen LogP) is 3.78. The Hall–Kier alpha value is -3.52. The Morgan fingerprint density at radius 2 is 1.82 bits per heavy atom. The summed E-state index contributed by atoms with van der Waals surface area (Å²) in [5.74, 6) is -0.897. The van der Waals surface area contributed by atoms with Crippen LogP contribution in [0.3, 0.4) is 0 Å². The van der Waals surface area contributed by atoms with Crippen LogP contribution in [0, 0.1) is 5.82 Å². The van der Waals surface area contributed by atoms with Crippen molar-refractivity contribution in [1.82, 2.24) is 9.88 Å². The van der Waals surface area contributed by atoms with Crippen molar-refractivity contribution in [3.63, 3.8) is 0 Å². The summed E-state index contributed by atoms with van der Waals surface area (Å²) >= 11 is 0. The van der Waals surface area contributed by atoms with E-state index in [2.05, 4.69) is 18.3 Å². The van der Waals surface area contributed by atoms with Crippen LogP contribution in [0.5, 0.6) is 0 Å². The van der Waals surface area contributed by atoms with E-state index in [0.29, 0.717) is 28.1 Å². The summed E-state index contributed by atoms with van der Waals surface area (Å²) in [5.41, 5.74) is 2.02. The van der Waals surface area contributed by atoms with E-state index in [1.807, 2.05) is 4.72 Å². The zero-order valence-corrected chi connectivity index (χ0v) is 15.4. The van der Waals surface area contributed by atoms with Crippen LogP contribution in [0.1, 0.15) is 5.76 Å². The number of nitrogens with one attached hydrogen (secondary N) is 1. The van der Waals surface area contributed by atoms with Gasteiger partial charge in [0.2, 0.25) is 0 Å². The minimum absolute atomic E-state index is 0.102. The number of benzene rings is 2. The third kappa shape index (κ3) is 3.77. The molecule has 0 radical (unpaired) electrons. The van der Waals surface area contributed by atoms with Gasteiger partial charge in [-0.2, -0.15) is 0 Å². The van der Waals surface area contributed by atoms with E-state index in [4.69, 9.17) is 4.52 Å². The van der Waals surface area contributed by atoms with Gasteiger partial charge in [0.05, 0.1) is 10.5 Å². The maximum atomic E-state index is 13.6. The summed E-state index contributed by atoms with van der Waals surface area (Å²) in [4.78, 5) is 11.2. The topological polar surface area (TPSA) is 89.3 Å². The van der Waals surface area contributed by atoms with Crippen LogP contribution in [-0.4, -0.2) is 19.5 Å². The molecule has 0 bridgehead atoms. The Kier molecular flexibility index (Phi) is 5.23. The van der Waals surface area contributed by atoms with Crippen LogP contribution in [0.25, 0.3) is 28.5 Å². The van der Waals surface area contributed by atoms with Crippen LogP contribution in [0.4, 0.5) is 4.39 Å². The first-order valence-electron chi connectivity index (χ1n) is 8.03. The lowest BCUT2D eigenvalue weighted by Crippen LogP contribution is -2.28. The Labute approximate surface area is 161 Å². The second kappa shape index (κ2) is 7.61. The first-order chi connectivity index (χ1) is 13.4. The second-order valence-electron chi connectivity index (χ2n) is 5.68. The van der Waals surface area contributed by atoms with Crippen LogP contribution in [0.2, 0.25) is 0 Å². The highest BCUT2D eigenvalue weighted by molar-refractivity contribution is 7.90. The predicted molar refractivity (Wildman–Crippen MR) is 103 cm³/mol. The van der Waals surface area contributed by atoms with Gasteiger partial charge in [-0.05, 0) is 42.0 Å². The van der Waals surface area contributed by atoms with Gasteiger partial charge >= 0.3 is 0 Å². The van der Waals surface area contributed by atoms with Gasteiger partial charge in [-0.15, -0.1) is 0 Å². The minimum atomic E-state index is -4.02. The number of amides is 1. The zero-order valence-electron chi connectivity index (χ0n) is 14.6. The Balaban J connectivity index is 2.05. The number of rotatable bonds is 6. The molecular weight excluding hydrogens is 383 g/mol. The molecule has 0 aliphatic heterocycles. The van der Waals surface area contributed by atoms with Crippen molar-refractivity contribution in [2.45, 2.75) is 4.90 Å². The number of sulfonamides is 1. The van der Waals surface area contributed by atoms with Crippen molar-refractivity contribution in [2.24, 2.45) is 0 Å². The summed E-state index contributed by atoms with van der Waals surface area (Å²) < 4.78 is 45.1. The van der Waals surface area contributed by atoms with Crippen molar-refractivity contribution < 1.29 is 22.1 Å². The Morgan fingerprint density at radius 1 is 1.11 bits per heavy atom. The van der Waals surface area contributed by atoms with Gasteiger partial charge < -0.3 is 4.52 Å². The summed E-state index contributed by atoms with van der Waals surface area (Å²) in [6.07, 6.45) is 2.32. The number of hydrogen-bond donors (Lipinski definition) is 1. The molecule has 3 rings (SSSR count). The van der Waals surface area contributed by atoms with E-state index in [0.717, 1.165) is 6.08 Å². The highest BCUT2D eigenvalue weighted by Gasteiger charge is 2.20. The summed E-state index contributed by atoms with van der Waals surface area (Å²) in [7, 11) is -4.02. The van der Waals surface area contributed by atoms with Gasteiger partial charge in [-0.3, -0.25) is 4.79 Å². The molecule has 1 amide bonds. The van der Waals surface area contributed by atoms with Crippen molar-refractivity contribution in [1.29, 1.82) is 0 Å². The molecule has 6 nitrogen and oxygen atoms in total. The highest BCUT2D eigenvalue weighted by atomic mass is 32.2. The molecule has 0 atom stereocenters. The Bertz CT molecular complexity index is 1170. The van der Waals surface area contributed by atoms with Crippen LogP contribution in [-0.2, 0) is 14.8 Å². The highest BCUT2D eigenvalue weighted by Crippen LogP contribution is 2.35. The van der Waals surface area contributed by atoms with E-state index in [9.17, 15) is 17.6 Å². The first-order valence-corrected chi connectivity index (χ1v) is 9.51. The average molecular weight is 398 g/mol. The molecule has 8 heteroatoms. The summed E-state index contributed by atoms with van der Waals surface area (Å²) in [6, 6.07) is 11.6. The third-order valence-corrected chi connectivity index (χ3v) is 5.24. The summed E-state index contributed by atoms with van der Waals surface area (Å²) in [6.45, 7) is 6.90. The van der Waals surface area contributed by atoms with E-state index < -0.39 is 21.7 Å². The van der Waals surface area contributed by atoms with Crippen molar-refractivity contribution >= 4 is 22.0 Å². The molecule has 0 unspecified atom stereocenters. The number of aromatic nitrogens is 1. The molecule has 0 saturated carbocycles. The lowest BCUT2D eigenvalue weighted by Gasteiger charge is -2.07. The number of nitrogens with zero attached hydrogens (tertiary/aromatic N) is 1. The van der Waals surface area contributed by atoms with E-state index >= 15 is 0 Å². The monoisotopic (exact) mass is 398 g/mol. The normalized spacial score (nSPS) is 11.0. The maximum Gasteiger partial charge on any atom is 0.264 e. The van der Waals surface area contributed by atoms with Gasteiger partial charge in [0, 0.05) is 5.56 Å². The molecule has 142 valence electrons. The van der Waals surface area contributed by atoms with Gasteiger partial charge in [-0.25, -0.2) is 17.5 Å². The zero-order chi connectivity index (χ0) is 20.3. The standard InChI is InChI=1S/C20H15FN2O4S/c1-3-17-19(20(22-27-17)14-6-5-7-15(21)12-14)13-8-10-16(11-9-13)28(25,26)23-18(24)4-2/h3-12H,1-2H2,(H,23,24). The molecule has 3 aromatic rings. The quantitative estimate of drug-likeness (QED) is 0.638. The van der Waals surface area contributed by atoms with Gasteiger partial charge in [-0.1, -0.05) is 42.6 Å². The average Bonchev–Trinajstić information content (AvgIpc) is 3.12. The van der Waals surface area contributed by atoms with Gasteiger partial charge in [0.25, 0.3) is 15.9 Å². The molecule has 0 aliphatic rings. The van der Waals surface area contributed by atoms with E-state index in [1.54, 1.807) is 12.1 Å². The third-order valence-electron chi connectivity index (χ3n) is 3.88. The van der Waals surface area contributed by atoms with Crippen molar-refractivity contribution in [2.75, 3.05) is 0 Å². The molecule has 0 fully saturated rings. The van der Waals surface area contributed by atoms with Crippen molar-refractivity contribution in [3.8, 4) is 22.4 Å². The fourth-order valence-electron chi connectivity index (χ4n) is 2.59. The van der Waals surface area contributed by atoms with E-state index in [1.165, 1.54) is 42.5 Å². The molecule has 1 heterocycles. The summed E-state index contributed by atoms with van der Waals surface area (Å²) in [5, 5.41) is 4.00. The number of halogens is 1. The molecule has 1 N–H and O–H groups in total. The van der Waals surface area contributed by atoms with Crippen LogP contribution >= 0.6 is 0 Å². The maximum absolute atomic E-state index is 13.6. The minimum Gasteiger partial charge on any atom is -0.356 e. The first kappa shape index (κ1) is 19.2. The van der Waals surface area contributed by atoms with Crippen molar-refractivity contribution in [3.05, 3.63) is 79.3 Å². The largest absolute Gasteiger partial charge is 0.356 e. The molecular formula is C20H15FN2O4S. The molecule has 28 heavy (non-hydrogen) atoms. The molecule has 1 aromatic heterocycles. The van der Waals surface area contributed by atoms with Gasteiger partial charge in [0.1, 0.15) is 11.5 Å². The molecule has 0 spiro atoms. The smallest absolute Gasteiger partial charge is 0.264 e. The fourth-order valence-corrected chi connectivity index (χ4v) is 3.55. The lowest BCUT2D eigenvalue weighted by molar-refractivity contribution is -0.114. The number of carbonyl (C=O) groups is 1. The number of carbonyl (C=O) groups excluding carboxylic acids is 1. The molecule has 0 saturated heterocycles. The van der Waals surface area contributed by atoms with E-state index in [-0.39, 0.29) is 4.90 Å². The fraction of sp³-hybridized carbons (Fsp3) is 0. The van der Waals surface area contributed by atoms with Gasteiger partial charge in [0.15, 0.2) is 5.76 Å². The lowest BCUT2D eigenvalue weighted by atomic mass is 9.99. The SMILES string of the molecule is C=CC(=O)NS(=O)(=O)c1ccc(-c2c(-c3cccc(F)c3)noc2C=C)cc1.